The summed E-state index contributed by atoms with van der Waals surface area (Å²) in [4.78, 5) is 3.71. The molecule has 0 bridgehead atoms. The van der Waals surface area contributed by atoms with E-state index in [1.165, 1.54) is 19.4 Å². The van der Waals surface area contributed by atoms with E-state index < -0.39 is 28.6 Å². The van der Waals surface area contributed by atoms with E-state index in [2.05, 4.69) is 4.98 Å². The smallest absolute Gasteiger partial charge is 0.149 e. The Labute approximate surface area is 119 Å². The largest absolute Gasteiger partial charge is 0.375 e. The van der Waals surface area contributed by atoms with Crippen LogP contribution in [0, 0.1) is 17.5 Å². The van der Waals surface area contributed by atoms with Gasteiger partial charge in [-0.05, 0) is 29.8 Å². The van der Waals surface area contributed by atoms with Crippen LogP contribution in [0.3, 0.4) is 0 Å². The van der Waals surface area contributed by atoms with Crippen LogP contribution in [0.25, 0.3) is 11.3 Å². The summed E-state index contributed by atoms with van der Waals surface area (Å²) in [5.41, 5.74) is -1.35. The Morgan fingerprint density at radius 3 is 2.29 bits per heavy atom. The van der Waals surface area contributed by atoms with Crippen molar-refractivity contribution in [2.75, 3.05) is 20.3 Å². The molecule has 0 spiro atoms. The van der Waals surface area contributed by atoms with E-state index in [0.717, 1.165) is 18.2 Å². The Morgan fingerprint density at radius 1 is 1.14 bits per heavy atom. The molecule has 3 nitrogen and oxygen atoms in total. The lowest BCUT2D eigenvalue weighted by atomic mass is 9.90. The SMILES string of the molecule is COC1(c2cc(F)c(-c3ncccc3F)c(F)c2)COC1. The van der Waals surface area contributed by atoms with Gasteiger partial charge in [0.15, 0.2) is 0 Å². The zero-order valence-corrected chi connectivity index (χ0v) is 11.2. The molecular weight excluding hydrogens is 283 g/mol. The number of rotatable bonds is 3. The summed E-state index contributed by atoms with van der Waals surface area (Å²) in [5, 5.41) is 0. The lowest BCUT2D eigenvalue weighted by Crippen LogP contribution is -2.48. The monoisotopic (exact) mass is 295 g/mol. The topological polar surface area (TPSA) is 31.4 Å². The molecule has 2 heterocycles. The normalized spacial score (nSPS) is 16.6. The molecule has 0 N–H and O–H groups in total. The zero-order chi connectivity index (χ0) is 15.0. The number of halogens is 3. The second kappa shape index (κ2) is 5.13. The number of hydrogen-bond donors (Lipinski definition) is 0. The van der Waals surface area contributed by atoms with Crippen LogP contribution >= 0.6 is 0 Å². The molecule has 3 rings (SSSR count). The number of ether oxygens (including phenoxy) is 2. The quantitative estimate of drug-likeness (QED) is 0.872. The third kappa shape index (κ3) is 2.20. The maximum Gasteiger partial charge on any atom is 0.149 e. The third-order valence-corrected chi connectivity index (χ3v) is 3.62. The van der Waals surface area contributed by atoms with Gasteiger partial charge >= 0.3 is 0 Å². The van der Waals surface area contributed by atoms with Crippen LogP contribution in [0.1, 0.15) is 5.56 Å². The maximum atomic E-state index is 14.3. The molecule has 1 aliphatic heterocycles. The molecule has 0 radical (unpaired) electrons. The molecule has 110 valence electrons. The van der Waals surface area contributed by atoms with Gasteiger partial charge in [0.05, 0.1) is 18.8 Å². The minimum absolute atomic E-state index is 0.222. The van der Waals surface area contributed by atoms with Crippen LogP contribution in [0.15, 0.2) is 30.5 Å². The van der Waals surface area contributed by atoms with E-state index in [1.54, 1.807) is 0 Å². The number of hydrogen-bond acceptors (Lipinski definition) is 3. The van der Waals surface area contributed by atoms with E-state index in [0.29, 0.717) is 5.56 Å². The number of methoxy groups -OCH3 is 1. The minimum atomic E-state index is -0.883. The summed E-state index contributed by atoms with van der Waals surface area (Å²) in [5.74, 6) is -2.55. The zero-order valence-electron chi connectivity index (χ0n) is 11.2. The standard InChI is InChI=1S/C15H12F3NO2/c1-20-15(7-21-8-15)9-5-11(17)13(12(18)6-9)14-10(16)3-2-4-19-14/h2-6H,7-8H2,1H3. The summed E-state index contributed by atoms with van der Waals surface area (Å²) in [6.45, 7) is 0.444. The predicted molar refractivity (Wildman–Crippen MR) is 69.1 cm³/mol. The van der Waals surface area contributed by atoms with Crippen molar-refractivity contribution in [1.82, 2.24) is 4.98 Å². The summed E-state index contributed by atoms with van der Waals surface area (Å²) < 4.78 is 52.5. The van der Waals surface area contributed by atoms with Crippen molar-refractivity contribution in [2.45, 2.75) is 5.60 Å². The fourth-order valence-electron chi connectivity index (χ4n) is 2.32. The van der Waals surface area contributed by atoms with Gasteiger partial charge < -0.3 is 9.47 Å². The van der Waals surface area contributed by atoms with Gasteiger partial charge in [0.2, 0.25) is 0 Å². The van der Waals surface area contributed by atoms with Crippen molar-refractivity contribution < 1.29 is 22.6 Å². The van der Waals surface area contributed by atoms with E-state index >= 15 is 0 Å². The van der Waals surface area contributed by atoms with Crippen molar-refractivity contribution in [2.24, 2.45) is 0 Å². The number of pyridine rings is 1. The van der Waals surface area contributed by atoms with E-state index in [1.807, 2.05) is 0 Å². The second-order valence-corrected chi connectivity index (χ2v) is 4.84. The first-order chi connectivity index (χ1) is 10.1. The average Bonchev–Trinajstić information content (AvgIpc) is 2.39. The molecule has 1 saturated heterocycles. The summed E-state index contributed by atoms with van der Waals surface area (Å²) in [6, 6.07) is 4.73. The van der Waals surface area contributed by atoms with Crippen LogP contribution in [0.2, 0.25) is 0 Å². The molecule has 0 saturated carbocycles. The van der Waals surface area contributed by atoms with E-state index in [4.69, 9.17) is 9.47 Å². The van der Waals surface area contributed by atoms with Gasteiger partial charge in [-0.15, -0.1) is 0 Å². The predicted octanol–water partition coefficient (Wildman–Crippen LogP) is 3.04. The molecule has 2 aromatic rings. The van der Waals surface area contributed by atoms with Crippen molar-refractivity contribution in [3.63, 3.8) is 0 Å². The van der Waals surface area contributed by atoms with Crippen LogP contribution < -0.4 is 0 Å². The first-order valence-electron chi connectivity index (χ1n) is 6.31. The molecule has 1 aromatic heterocycles. The summed E-state index contributed by atoms with van der Waals surface area (Å²) in [7, 11) is 1.45. The molecule has 6 heteroatoms. The van der Waals surface area contributed by atoms with Crippen molar-refractivity contribution in [3.8, 4) is 11.3 Å². The fraction of sp³-hybridized carbons (Fsp3) is 0.267. The van der Waals surface area contributed by atoms with Crippen molar-refractivity contribution >= 4 is 0 Å². The molecule has 0 unspecified atom stereocenters. The Hall–Kier alpha value is -1.92. The van der Waals surface area contributed by atoms with Crippen molar-refractivity contribution in [1.29, 1.82) is 0 Å². The second-order valence-electron chi connectivity index (χ2n) is 4.84. The summed E-state index contributed by atoms with van der Waals surface area (Å²) >= 11 is 0. The number of aromatic nitrogens is 1. The van der Waals surface area contributed by atoms with Crippen LogP contribution in [-0.4, -0.2) is 25.3 Å². The van der Waals surface area contributed by atoms with Crippen LogP contribution in [0.5, 0.6) is 0 Å². The van der Waals surface area contributed by atoms with Crippen LogP contribution in [-0.2, 0) is 15.1 Å². The van der Waals surface area contributed by atoms with Gasteiger partial charge in [-0.3, -0.25) is 4.98 Å². The Morgan fingerprint density at radius 2 is 1.81 bits per heavy atom. The molecular formula is C15H12F3NO2. The van der Waals surface area contributed by atoms with E-state index in [9.17, 15) is 13.2 Å². The highest BCUT2D eigenvalue weighted by molar-refractivity contribution is 5.62. The third-order valence-electron chi connectivity index (χ3n) is 3.62. The fourth-order valence-corrected chi connectivity index (χ4v) is 2.32. The number of nitrogens with zero attached hydrogens (tertiary/aromatic N) is 1. The molecule has 0 atom stereocenters. The lowest BCUT2D eigenvalue weighted by Gasteiger charge is -2.40. The van der Waals surface area contributed by atoms with Crippen LogP contribution in [0.4, 0.5) is 13.2 Å². The molecule has 1 fully saturated rings. The van der Waals surface area contributed by atoms with Gasteiger partial charge in [-0.25, -0.2) is 13.2 Å². The molecule has 0 amide bonds. The van der Waals surface area contributed by atoms with Gasteiger partial charge in [-0.2, -0.15) is 0 Å². The minimum Gasteiger partial charge on any atom is -0.375 e. The Balaban J connectivity index is 2.11. The molecule has 21 heavy (non-hydrogen) atoms. The molecule has 0 aliphatic carbocycles. The lowest BCUT2D eigenvalue weighted by molar-refractivity contribution is -0.202. The number of benzene rings is 1. The highest BCUT2D eigenvalue weighted by Gasteiger charge is 2.41. The summed E-state index contributed by atoms with van der Waals surface area (Å²) in [6.07, 6.45) is 1.28. The van der Waals surface area contributed by atoms with E-state index in [-0.39, 0.29) is 18.9 Å². The highest BCUT2D eigenvalue weighted by Crippen LogP contribution is 2.36. The van der Waals surface area contributed by atoms with Gasteiger partial charge in [0.25, 0.3) is 0 Å². The van der Waals surface area contributed by atoms with Gasteiger partial charge in [-0.1, -0.05) is 0 Å². The maximum absolute atomic E-state index is 14.3. The van der Waals surface area contributed by atoms with Gasteiger partial charge in [0, 0.05) is 13.3 Å². The van der Waals surface area contributed by atoms with Crippen molar-refractivity contribution in [3.05, 3.63) is 53.5 Å². The highest BCUT2D eigenvalue weighted by atomic mass is 19.1. The Bertz CT molecular complexity index is 658. The first-order valence-corrected chi connectivity index (χ1v) is 6.31. The average molecular weight is 295 g/mol. The Kier molecular flexibility index (Phi) is 3.43. The van der Waals surface area contributed by atoms with Gasteiger partial charge in [0.1, 0.15) is 28.7 Å². The first kappa shape index (κ1) is 14.0. The molecule has 1 aromatic carbocycles. The molecule has 1 aliphatic rings.